The lowest BCUT2D eigenvalue weighted by atomic mass is 10.1. The van der Waals surface area contributed by atoms with E-state index in [0.717, 1.165) is 6.42 Å². The summed E-state index contributed by atoms with van der Waals surface area (Å²) in [5.74, 6) is 0.268. The van der Waals surface area contributed by atoms with Crippen LogP contribution in [0, 0.1) is 5.92 Å². The first kappa shape index (κ1) is 20.1. The molecule has 0 aliphatic carbocycles. The van der Waals surface area contributed by atoms with Gasteiger partial charge >= 0.3 is 6.03 Å². The number of carbonyl (C=O) groups excluding carboxylic acids is 2. The van der Waals surface area contributed by atoms with Gasteiger partial charge in [-0.3, -0.25) is 4.79 Å². The van der Waals surface area contributed by atoms with Crippen LogP contribution in [0.1, 0.15) is 20.3 Å². The van der Waals surface area contributed by atoms with E-state index in [1.165, 1.54) is 17.2 Å². The van der Waals surface area contributed by atoms with Gasteiger partial charge in [0.25, 0.3) is 0 Å². The second-order valence-electron chi connectivity index (χ2n) is 6.06. The normalized spacial score (nSPS) is 10.7. The van der Waals surface area contributed by atoms with Crippen LogP contribution in [-0.2, 0) is 4.79 Å². The van der Waals surface area contributed by atoms with Gasteiger partial charge in [0.05, 0.1) is 15.7 Å². The second-order valence-corrected chi connectivity index (χ2v) is 6.88. The van der Waals surface area contributed by atoms with Gasteiger partial charge in [-0.25, -0.2) is 4.79 Å². The Labute approximate surface area is 161 Å². The van der Waals surface area contributed by atoms with E-state index in [9.17, 15) is 9.59 Å². The fraction of sp³-hybridized carbons (Fsp3) is 0.353. The van der Waals surface area contributed by atoms with Crippen molar-refractivity contribution in [3.63, 3.8) is 0 Å². The summed E-state index contributed by atoms with van der Waals surface area (Å²) >= 11 is 12.2. The van der Waals surface area contributed by atoms with E-state index in [2.05, 4.69) is 20.3 Å². The molecule has 2 aromatic rings. The van der Waals surface area contributed by atoms with Crippen molar-refractivity contribution in [1.29, 1.82) is 0 Å². The molecule has 0 unspecified atom stereocenters. The highest BCUT2D eigenvalue weighted by atomic mass is 35.5. The zero-order chi connectivity index (χ0) is 19.1. The summed E-state index contributed by atoms with van der Waals surface area (Å²) in [5, 5.41) is 9.49. The van der Waals surface area contributed by atoms with Crippen molar-refractivity contribution in [2.24, 2.45) is 5.92 Å². The lowest BCUT2D eigenvalue weighted by Gasteiger charge is -2.24. The number of rotatable bonds is 7. The fourth-order valence-electron chi connectivity index (χ4n) is 2.10. The highest BCUT2D eigenvalue weighted by Crippen LogP contribution is 2.30. The molecule has 7 nitrogen and oxygen atoms in total. The van der Waals surface area contributed by atoms with E-state index in [0.29, 0.717) is 28.2 Å². The monoisotopic (exact) mass is 398 g/mol. The predicted octanol–water partition coefficient (Wildman–Crippen LogP) is 4.50. The Morgan fingerprint density at radius 1 is 1.19 bits per heavy atom. The maximum Gasteiger partial charge on any atom is 0.322 e. The van der Waals surface area contributed by atoms with Crippen LogP contribution in [0.4, 0.5) is 16.3 Å². The number of para-hydroxylation sites is 1. The summed E-state index contributed by atoms with van der Waals surface area (Å²) in [6.45, 7) is 4.33. The number of halogens is 2. The van der Waals surface area contributed by atoms with Gasteiger partial charge in [-0.2, -0.15) is 0 Å². The lowest BCUT2D eigenvalue weighted by molar-refractivity contribution is -0.116. The maximum absolute atomic E-state index is 12.7. The van der Waals surface area contributed by atoms with Gasteiger partial charge in [-0.15, -0.1) is 0 Å². The van der Waals surface area contributed by atoms with Gasteiger partial charge in [-0.05, 0) is 24.5 Å². The Morgan fingerprint density at radius 2 is 1.88 bits per heavy atom. The molecule has 1 aromatic carbocycles. The van der Waals surface area contributed by atoms with Crippen molar-refractivity contribution in [1.82, 2.24) is 10.1 Å². The van der Waals surface area contributed by atoms with Gasteiger partial charge in [0.2, 0.25) is 5.91 Å². The highest BCUT2D eigenvalue weighted by molar-refractivity contribution is 6.39. The number of urea groups is 1. The standard InChI is InChI=1S/C17H20Cl2N4O3/c1-11(2)6-8-23(10-15(24)20-14-7-9-26-22-14)17(25)21-16-12(18)4-3-5-13(16)19/h3-5,7,9,11H,6,8,10H2,1-2H3,(H,21,25)(H,20,22,24). The quantitative estimate of drug-likeness (QED) is 0.718. The molecule has 0 aliphatic heterocycles. The van der Waals surface area contributed by atoms with Gasteiger partial charge in [0, 0.05) is 12.6 Å². The van der Waals surface area contributed by atoms with Crippen molar-refractivity contribution in [2.45, 2.75) is 20.3 Å². The van der Waals surface area contributed by atoms with Crippen LogP contribution in [0.3, 0.4) is 0 Å². The molecule has 0 aliphatic rings. The molecule has 0 radical (unpaired) electrons. The lowest BCUT2D eigenvalue weighted by Crippen LogP contribution is -2.41. The molecule has 2 N–H and O–H groups in total. The summed E-state index contributed by atoms with van der Waals surface area (Å²) in [4.78, 5) is 26.2. The average Bonchev–Trinajstić information content (AvgIpc) is 3.07. The topological polar surface area (TPSA) is 87.5 Å². The highest BCUT2D eigenvalue weighted by Gasteiger charge is 2.20. The van der Waals surface area contributed by atoms with Gasteiger partial charge < -0.3 is 20.1 Å². The molecule has 0 atom stereocenters. The second kappa shape index (κ2) is 9.45. The number of benzene rings is 1. The number of anilines is 2. The Morgan fingerprint density at radius 3 is 2.46 bits per heavy atom. The summed E-state index contributed by atoms with van der Waals surface area (Å²) in [6.07, 6.45) is 2.08. The number of amides is 3. The average molecular weight is 399 g/mol. The number of nitrogens with one attached hydrogen (secondary N) is 2. The Balaban J connectivity index is 2.07. The number of nitrogens with zero attached hydrogens (tertiary/aromatic N) is 2. The Hall–Kier alpha value is -2.25. The summed E-state index contributed by atoms with van der Waals surface area (Å²) in [7, 11) is 0. The van der Waals surface area contributed by atoms with E-state index in [4.69, 9.17) is 23.2 Å². The van der Waals surface area contributed by atoms with Crippen molar-refractivity contribution in [3.8, 4) is 0 Å². The number of aromatic nitrogens is 1. The minimum Gasteiger partial charge on any atom is -0.363 e. The van der Waals surface area contributed by atoms with E-state index < -0.39 is 6.03 Å². The molecule has 0 fully saturated rings. The first-order chi connectivity index (χ1) is 12.4. The van der Waals surface area contributed by atoms with Crippen molar-refractivity contribution < 1.29 is 14.1 Å². The van der Waals surface area contributed by atoms with Crippen LogP contribution in [0.15, 0.2) is 35.1 Å². The molecule has 1 aromatic heterocycles. The molecule has 0 saturated carbocycles. The molecular formula is C17H20Cl2N4O3. The minimum absolute atomic E-state index is 0.145. The zero-order valence-corrected chi connectivity index (χ0v) is 16.0. The van der Waals surface area contributed by atoms with Crippen LogP contribution >= 0.6 is 23.2 Å². The number of hydrogen-bond donors (Lipinski definition) is 2. The van der Waals surface area contributed by atoms with Crippen LogP contribution in [0.25, 0.3) is 0 Å². The molecular weight excluding hydrogens is 379 g/mol. The number of carbonyl (C=O) groups is 2. The van der Waals surface area contributed by atoms with E-state index in [1.807, 2.05) is 13.8 Å². The van der Waals surface area contributed by atoms with Crippen LogP contribution in [0.2, 0.25) is 10.0 Å². The molecule has 0 saturated heterocycles. The molecule has 0 bridgehead atoms. The predicted molar refractivity (Wildman–Crippen MR) is 102 cm³/mol. The van der Waals surface area contributed by atoms with Gasteiger partial charge in [-0.1, -0.05) is 48.3 Å². The van der Waals surface area contributed by atoms with Crippen LogP contribution in [-0.4, -0.2) is 35.1 Å². The maximum atomic E-state index is 12.7. The van der Waals surface area contributed by atoms with Crippen molar-refractivity contribution in [3.05, 3.63) is 40.6 Å². The largest absolute Gasteiger partial charge is 0.363 e. The molecule has 3 amide bonds. The Bertz CT molecular complexity index is 730. The first-order valence-electron chi connectivity index (χ1n) is 8.07. The summed E-state index contributed by atoms with van der Waals surface area (Å²) in [6, 6.07) is 5.98. The molecule has 1 heterocycles. The van der Waals surface area contributed by atoms with E-state index in [1.54, 1.807) is 18.2 Å². The zero-order valence-electron chi connectivity index (χ0n) is 14.5. The van der Waals surface area contributed by atoms with Gasteiger partial charge in [0.15, 0.2) is 5.82 Å². The third-order valence-electron chi connectivity index (χ3n) is 3.50. The third-order valence-corrected chi connectivity index (χ3v) is 4.13. The minimum atomic E-state index is -0.462. The third kappa shape index (κ3) is 5.93. The smallest absolute Gasteiger partial charge is 0.322 e. The van der Waals surface area contributed by atoms with Crippen LogP contribution < -0.4 is 10.6 Å². The SMILES string of the molecule is CC(C)CCN(CC(=O)Nc1ccon1)C(=O)Nc1c(Cl)cccc1Cl. The van der Waals surface area contributed by atoms with Crippen molar-refractivity contribution in [2.75, 3.05) is 23.7 Å². The molecule has 2 rings (SSSR count). The molecule has 0 spiro atoms. The molecule has 9 heteroatoms. The molecule has 140 valence electrons. The molecule has 26 heavy (non-hydrogen) atoms. The number of hydrogen-bond acceptors (Lipinski definition) is 4. The van der Waals surface area contributed by atoms with Crippen molar-refractivity contribution >= 4 is 46.6 Å². The van der Waals surface area contributed by atoms with Gasteiger partial charge in [0.1, 0.15) is 12.8 Å². The van der Waals surface area contributed by atoms with Crippen LogP contribution in [0.5, 0.6) is 0 Å². The Kier molecular flexibility index (Phi) is 7.29. The first-order valence-corrected chi connectivity index (χ1v) is 8.82. The summed E-state index contributed by atoms with van der Waals surface area (Å²) < 4.78 is 4.67. The summed E-state index contributed by atoms with van der Waals surface area (Å²) in [5.41, 5.74) is 0.312. The fourth-order valence-corrected chi connectivity index (χ4v) is 2.59. The van der Waals surface area contributed by atoms with E-state index >= 15 is 0 Å². The van der Waals surface area contributed by atoms with E-state index in [-0.39, 0.29) is 18.3 Å².